The second-order valence-corrected chi connectivity index (χ2v) is 7.74. The molecule has 2 aromatic carbocycles. The van der Waals surface area contributed by atoms with E-state index in [1.165, 1.54) is 6.92 Å². The second kappa shape index (κ2) is 4.54. The van der Waals surface area contributed by atoms with E-state index in [4.69, 9.17) is 0 Å². The van der Waals surface area contributed by atoms with Gasteiger partial charge in [-0.15, -0.1) is 0 Å². The Hall–Kier alpha value is -2.55. The van der Waals surface area contributed by atoms with Crippen molar-refractivity contribution in [3.63, 3.8) is 0 Å². The summed E-state index contributed by atoms with van der Waals surface area (Å²) in [5.41, 5.74) is 3.71. The monoisotopic (exact) mass is 330 g/mol. The first-order valence-electron chi connectivity index (χ1n) is 8.74. The van der Waals surface area contributed by atoms with E-state index in [0.29, 0.717) is 0 Å². The van der Waals surface area contributed by atoms with Crippen LogP contribution in [0.2, 0.25) is 0 Å². The zero-order chi connectivity index (χ0) is 17.5. The number of benzene rings is 2. The van der Waals surface area contributed by atoms with Crippen molar-refractivity contribution in [2.24, 2.45) is 17.3 Å². The summed E-state index contributed by atoms with van der Waals surface area (Å²) in [6.07, 6.45) is 0. The Morgan fingerprint density at radius 3 is 1.84 bits per heavy atom. The fourth-order valence-corrected chi connectivity index (χ4v) is 5.74. The van der Waals surface area contributed by atoms with Crippen LogP contribution in [0.1, 0.15) is 47.9 Å². The number of rotatable bonds is 1. The van der Waals surface area contributed by atoms with Crippen molar-refractivity contribution in [1.29, 1.82) is 0 Å². The number of hydrogen-bond acceptors (Lipinski definition) is 3. The molecule has 1 saturated carbocycles. The van der Waals surface area contributed by atoms with Crippen LogP contribution in [0, 0.1) is 17.3 Å². The molecule has 0 aromatic heterocycles. The van der Waals surface area contributed by atoms with Gasteiger partial charge in [0.05, 0.1) is 0 Å². The first kappa shape index (κ1) is 14.8. The van der Waals surface area contributed by atoms with Crippen LogP contribution in [0.15, 0.2) is 48.5 Å². The van der Waals surface area contributed by atoms with Crippen LogP contribution in [0.3, 0.4) is 0 Å². The van der Waals surface area contributed by atoms with Crippen LogP contribution in [0.25, 0.3) is 0 Å². The predicted octanol–water partition coefficient (Wildman–Crippen LogP) is 3.26. The van der Waals surface area contributed by atoms with Gasteiger partial charge in [0.1, 0.15) is 11.7 Å². The molecule has 0 radical (unpaired) electrons. The highest BCUT2D eigenvalue weighted by Crippen LogP contribution is 2.67. The lowest BCUT2D eigenvalue weighted by atomic mass is 9.48. The van der Waals surface area contributed by atoms with E-state index in [2.05, 4.69) is 24.3 Å². The van der Waals surface area contributed by atoms with Gasteiger partial charge in [-0.05, 0) is 29.2 Å². The van der Waals surface area contributed by atoms with Crippen molar-refractivity contribution in [2.45, 2.75) is 25.7 Å². The molecule has 0 N–H and O–H groups in total. The van der Waals surface area contributed by atoms with Gasteiger partial charge in [-0.25, -0.2) is 0 Å². The first-order chi connectivity index (χ1) is 12.0. The van der Waals surface area contributed by atoms with E-state index in [-0.39, 0.29) is 29.2 Å². The van der Waals surface area contributed by atoms with Crippen molar-refractivity contribution >= 4 is 17.3 Å². The summed E-state index contributed by atoms with van der Waals surface area (Å²) < 4.78 is 0. The summed E-state index contributed by atoms with van der Waals surface area (Å²) in [6, 6.07) is 16.2. The molecule has 3 atom stereocenters. The van der Waals surface area contributed by atoms with Gasteiger partial charge >= 0.3 is 0 Å². The number of ketones is 3. The minimum Gasteiger partial charge on any atom is -0.299 e. The minimum atomic E-state index is -1.09. The van der Waals surface area contributed by atoms with Crippen molar-refractivity contribution < 1.29 is 14.4 Å². The van der Waals surface area contributed by atoms with Crippen LogP contribution in [0.4, 0.5) is 0 Å². The minimum absolute atomic E-state index is 0.136. The Balaban J connectivity index is 1.87. The molecule has 3 nitrogen and oxygen atoms in total. The molecule has 4 aliphatic rings. The fourth-order valence-electron chi connectivity index (χ4n) is 5.74. The van der Waals surface area contributed by atoms with Gasteiger partial charge in [0.2, 0.25) is 0 Å². The molecule has 2 aromatic rings. The van der Waals surface area contributed by atoms with Crippen LogP contribution in [-0.2, 0) is 14.4 Å². The Labute approximate surface area is 146 Å². The molecule has 0 saturated heterocycles. The summed E-state index contributed by atoms with van der Waals surface area (Å²) in [4.78, 5) is 38.5. The van der Waals surface area contributed by atoms with Gasteiger partial charge in [-0.1, -0.05) is 55.5 Å². The molecule has 1 fully saturated rings. The van der Waals surface area contributed by atoms with Gasteiger partial charge in [0, 0.05) is 23.2 Å². The molecule has 0 spiro atoms. The van der Waals surface area contributed by atoms with Gasteiger partial charge in [0.15, 0.2) is 11.6 Å². The molecule has 124 valence electrons. The molecule has 0 heterocycles. The van der Waals surface area contributed by atoms with Gasteiger partial charge in [-0.3, -0.25) is 14.4 Å². The Bertz CT molecular complexity index is 925. The van der Waals surface area contributed by atoms with Gasteiger partial charge < -0.3 is 0 Å². The van der Waals surface area contributed by atoms with Crippen molar-refractivity contribution in [3.8, 4) is 0 Å². The van der Waals surface area contributed by atoms with Crippen molar-refractivity contribution in [1.82, 2.24) is 0 Å². The topological polar surface area (TPSA) is 51.2 Å². The van der Waals surface area contributed by atoms with E-state index >= 15 is 0 Å². The van der Waals surface area contributed by atoms with Crippen LogP contribution in [0.5, 0.6) is 0 Å². The molecule has 0 amide bonds. The largest absolute Gasteiger partial charge is 0.299 e. The van der Waals surface area contributed by atoms with E-state index in [1.807, 2.05) is 31.2 Å². The van der Waals surface area contributed by atoms with Crippen LogP contribution >= 0.6 is 0 Å². The Morgan fingerprint density at radius 1 is 0.880 bits per heavy atom. The molecule has 3 unspecified atom stereocenters. The third-order valence-electron chi connectivity index (χ3n) is 6.65. The molecule has 0 aliphatic heterocycles. The average Bonchev–Trinajstić information content (AvgIpc) is 2.81. The maximum Gasteiger partial charge on any atom is 0.158 e. The zero-order valence-electron chi connectivity index (χ0n) is 14.2. The number of carbonyl (C=O) groups is 3. The normalized spacial score (nSPS) is 34.5. The van der Waals surface area contributed by atoms with E-state index in [9.17, 15) is 14.4 Å². The quantitative estimate of drug-likeness (QED) is 0.754. The number of hydrogen-bond donors (Lipinski definition) is 0. The van der Waals surface area contributed by atoms with Gasteiger partial charge in [-0.2, -0.15) is 0 Å². The Kier molecular flexibility index (Phi) is 2.68. The lowest BCUT2D eigenvalue weighted by Gasteiger charge is -2.52. The molecular weight excluding hydrogens is 312 g/mol. The second-order valence-electron chi connectivity index (χ2n) is 7.74. The first-order valence-corrected chi connectivity index (χ1v) is 8.74. The number of Topliss-reactive ketones (excluding diaryl/α,β-unsaturated/α-hetero) is 3. The van der Waals surface area contributed by atoms with Gasteiger partial charge in [0.25, 0.3) is 0 Å². The smallest absolute Gasteiger partial charge is 0.158 e. The third kappa shape index (κ3) is 1.50. The molecule has 2 bridgehead atoms. The highest BCUT2D eigenvalue weighted by atomic mass is 16.2. The molecular formula is C22H18O3. The lowest BCUT2D eigenvalue weighted by molar-refractivity contribution is -0.137. The Morgan fingerprint density at radius 2 is 1.36 bits per heavy atom. The summed E-state index contributed by atoms with van der Waals surface area (Å²) in [6.45, 7) is 3.27. The predicted molar refractivity (Wildman–Crippen MR) is 92.4 cm³/mol. The van der Waals surface area contributed by atoms with Crippen LogP contribution in [-0.4, -0.2) is 17.3 Å². The van der Waals surface area contributed by atoms with Crippen LogP contribution < -0.4 is 0 Å². The van der Waals surface area contributed by atoms with Crippen molar-refractivity contribution in [3.05, 3.63) is 70.8 Å². The number of carbonyl (C=O) groups excluding carboxylic acids is 3. The maximum atomic E-state index is 13.3. The third-order valence-corrected chi connectivity index (χ3v) is 6.65. The summed E-state index contributed by atoms with van der Waals surface area (Å²) >= 11 is 0. The van der Waals surface area contributed by atoms with E-state index < -0.39 is 17.3 Å². The highest BCUT2D eigenvalue weighted by molar-refractivity contribution is 6.27. The molecule has 25 heavy (non-hydrogen) atoms. The fraction of sp³-hybridized carbons (Fsp3) is 0.318. The molecule has 6 rings (SSSR count). The van der Waals surface area contributed by atoms with E-state index in [0.717, 1.165) is 22.3 Å². The highest BCUT2D eigenvalue weighted by Gasteiger charge is 2.69. The van der Waals surface area contributed by atoms with E-state index in [1.54, 1.807) is 0 Å². The lowest BCUT2D eigenvalue weighted by Crippen LogP contribution is -2.49. The summed E-state index contributed by atoms with van der Waals surface area (Å²) in [5, 5.41) is 0. The molecule has 4 aliphatic carbocycles. The summed E-state index contributed by atoms with van der Waals surface area (Å²) in [5.74, 6) is -2.52. The summed E-state index contributed by atoms with van der Waals surface area (Å²) in [7, 11) is 0. The SMILES string of the molecule is CC(=O)C1C(=O)C2C3c4ccccc4C(c4ccccc43)C2(C)C1=O. The zero-order valence-corrected chi connectivity index (χ0v) is 14.2. The maximum absolute atomic E-state index is 13.3. The van der Waals surface area contributed by atoms with Crippen molar-refractivity contribution in [2.75, 3.05) is 0 Å². The average molecular weight is 330 g/mol. The molecule has 3 heteroatoms. The standard InChI is InChI=1S/C22H18O3/c1-11(23)16-20(24)19-17-12-7-3-5-9-14(12)18(22(19,2)21(16)25)15-10-6-4-8-13(15)17/h3-10,16-19H,1-2H3.